The van der Waals surface area contributed by atoms with Gasteiger partial charge in [-0.15, -0.1) is 12.4 Å². The topological polar surface area (TPSA) is 79.5 Å². The first-order chi connectivity index (χ1) is 13.3. The fourth-order valence-electron chi connectivity index (χ4n) is 2.33. The minimum absolute atomic E-state index is 0. The lowest BCUT2D eigenvalue weighted by atomic mass is 10.1. The van der Waals surface area contributed by atoms with Crippen LogP contribution in [0.5, 0.6) is 0 Å². The highest BCUT2D eigenvalue weighted by Gasteiger charge is 2.30. The summed E-state index contributed by atoms with van der Waals surface area (Å²) in [6.07, 6.45) is -4.51. The van der Waals surface area contributed by atoms with E-state index in [2.05, 4.69) is 16.0 Å². The van der Waals surface area contributed by atoms with E-state index in [1.165, 1.54) is 24.3 Å². The smallest absolute Gasteiger partial charge is 0.383 e. The van der Waals surface area contributed by atoms with Crippen LogP contribution in [0.3, 0.4) is 0 Å². The second kappa shape index (κ2) is 11.4. The highest BCUT2D eigenvalue weighted by atomic mass is 35.5. The molecule has 10 heteroatoms. The lowest BCUT2D eigenvalue weighted by Gasteiger charge is -2.13. The molecule has 158 valence electrons. The van der Waals surface area contributed by atoms with Crippen LogP contribution in [-0.4, -0.2) is 38.6 Å². The third-order valence-corrected chi connectivity index (χ3v) is 3.66. The van der Waals surface area contributed by atoms with E-state index in [1.807, 2.05) is 0 Å². The van der Waals surface area contributed by atoms with E-state index in [0.29, 0.717) is 13.2 Å². The molecule has 0 aliphatic heterocycles. The number of nitrogens with one attached hydrogen (secondary N) is 3. The molecule has 0 radical (unpaired) electrons. The monoisotopic (exact) mass is 431 g/mol. The summed E-state index contributed by atoms with van der Waals surface area (Å²) in [6.45, 7) is 0.956. The Morgan fingerprint density at radius 1 is 1.03 bits per heavy atom. The molecule has 0 aromatic heterocycles. The molecular formula is C19H21ClF3N3O3. The third-order valence-electron chi connectivity index (χ3n) is 3.66. The first-order valence-corrected chi connectivity index (χ1v) is 8.38. The molecule has 3 N–H and O–H groups in total. The van der Waals surface area contributed by atoms with E-state index in [4.69, 9.17) is 4.74 Å². The Balaban J connectivity index is 0.00000420. The van der Waals surface area contributed by atoms with Crippen LogP contribution in [0.1, 0.15) is 15.9 Å². The Labute approximate surface area is 172 Å². The van der Waals surface area contributed by atoms with Gasteiger partial charge in [0.15, 0.2) is 0 Å². The highest BCUT2D eigenvalue weighted by Crippen LogP contribution is 2.30. The Morgan fingerprint density at radius 3 is 2.45 bits per heavy atom. The number of ether oxygens (including phenoxy) is 1. The van der Waals surface area contributed by atoms with Crippen molar-refractivity contribution in [1.29, 1.82) is 0 Å². The number of benzene rings is 2. The summed E-state index contributed by atoms with van der Waals surface area (Å²) >= 11 is 0. The van der Waals surface area contributed by atoms with Crippen molar-refractivity contribution < 1.29 is 27.5 Å². The Kier molecular flexibility index (Phi) is 9.60. The molecule has 29 heavy (non-hydrogen) atoms. The predicted molar refractivity (Wildman–Crippen MR) is 106 cm³/mol. The average molecular weight is 432 g/mol. The second-order valence-electron chi connectivity index (χ2n) is 5.80. The standard InChI is InChI=1S/C19H20F3N3O3.ClH/c1-28-10-9-23-12-17(26)25-16-8-3-2-7-15(16)18(27)24-14-6-4-5-13(11-14)19(20,21)22;/h2-8,11,23H,9-10,12H2,1H3,(H,24,27)(H,25,26);1H. The number of carbonyl (C=O) groups excluding carboxylic acids is 2. The van der Waals surface area contributed by atoms with Crippen molar-refractivity contribution in [2.75, 3.05) is 37.4 Å². The van der Waals surface area contributed by atoms with Gasteiger partial charge in [0, 0.05) is 19.3 Å². The maximum Gasteiger partial charge on any atom is 0.416 e. The normalized spacial score (nSPS) is 10.8. The van der Waals surface area contributed by atoms with Crippen molar-refractivity contribution in [3.05, 3.63) is 59.7 Å². The van der Waals surface area contributed by atoms with Crippen LogP contribution < -0.4 is 16.0 Å². The molecule has 0 aliphatic carbocycles. The molecule has 0 spiro atoms. The van der Waals surface area contributed by atoms with Crippen molar-refractivity contribution in [2.24, 2.45) is 0 Å². The SMILES string of the molecule is COCCNCC(=O)Nc1ccccc1C(=O)Nc1cccc(C(F)(F)F)c1.Cl. The van der Waals surface area contributed by atoms with E-state index in [0.717, 1.165) is 12.1 Å². The van der Waals surface area contributed by atoms with E-state index < -0.39 is 17.6 Å². The van der Waals surface area contributed by atoms with Gasteiger partial charge in [0.05, 0.1) is 30.0 Å². The third kappa shape index (κ3) is 7.72. The number of methoxy groups -OCH3 is 1. The van der Waals surface area contributed by atoms with E-state index in [1.54, 1.807) is 19.2 Å². The molecule has 0 aliphatic rings. The fourth-order valence-corrected chi connectivity index (χ4v) is 2.33. The predicted octanol–water partition coefficient (Wildman–Crippen LogP) is 3.55. The van der Waals surface area contributed by atoms with Crippen LogP contribution >= 0.6 is 12.4 Å². The summed E-state index contributed by atoms with van der Waals surface area (Å²) in [6, 6.07) is 10.6. The highest BCUT2D eigenvalue weighted by molar-refractivity contribution is 6.10. The lowest BCUT2D eigenvalue weighted by molar-refractivity contribution is -0.137. The number of hydrogen-bond acceptors (Lipinski definition) is 4. The summed E-state index contributed by atoms with van der Waals surface area (Å²) in [4.78, 5) is 24.5. The Morgan fingerprint density at radius 2 is 1.76 bits per heavy atom. The van der Waals surface area contributed by atoms with Gasteiger partial charge in [0.1, 0.15) is 0 Å². The molecule has 0 fully saturated rings. The van der Waals surface area contributed by atoms with Gasteiger partial charge in [-0.3, -0.25) is 9.59 Å². The molecule has 6 nitrogen and oxygen atoms in total. The van der Waals surface area contributed by atoms with Gasteiger partial charge in [0.25, 0.3) is 5.91 Å². The largest absolute Gasteiger partial charge is 0.416 e. The zero-order valence-corrected chi connectivity index (χ0v) is 16.3. The number of anilines is 2. The van der Waals surface area contributed by atoms with E-state index in [9.17, 15) is 22.8 Å². The van der Waals surface area contributed by atoms with Crippen molar-refractivity contribution in [1.82, 2.24) is 5.32 Å². The minimum atomic E-state index is -4.51. The number of carbonyl (C=O) groups is 2. The van der Waals surface area contributed by atoms with Gasteiger partial charge >= 0.3 is 6.18 Å². The molecule has 0 saturated heterocycles. The molecule has 0 saturated carbocycles. The molecule has 2 aromatic rings. The van der Waals surface area contributed by atoms with Crippen molar-refractivity contribution in [3.8, 4) is 0 Å². The van der Waals surface area contributed by atoms with Crippen molar-refractivity contribution in [2.45, 2.75) is 6.18 Å². The Bertz CT molecular complexity index is 832. The summed E-state index contributed by atoms with van der Waals surface area (Å²) in [5.74, 6) is -1.00. The van der Waals surface area contributed by atoms with Crippen LogP contribution in [0, 0.1) is 0 Å². The van der Waals surface area contributed by atoms with Crippen LogP contribution in [0.4, 0.5) is 24.5 Å². The zero-order chi connectivity index (χ0) is 20.6. The maximum atomic E-state index is 12.8. The second-order valence-corrected chi connectivity index (χ2v) is 5.80. The maximum absolute atomic E-state index is 12.8. The fraction of sp³-hybridized carbons (Fsp3) is 0.263. The van der Waals surface area contributed by atoms with Crippen molar-refractivity contribution in [3.63, 3.8) is 0 Å². The van der Waals surface area contributed by atoms with Gasteiger partial charge in [-0.1, -0.05) is 18.2 Å². The number of alkyl halides is 3. The quantitative estimate of drug-likeness (QED) is 0.558. The number of hydrogen-bond donors (Lipinski definition) is 3. The first kappa shape index (κ1) is 24.4. The van der Waals surface area contributed by atoms with E-state index >= 15 is 0 Å². The molecule has 0 atom stereocenters. The van der Waals surface area contributed by atoms with Gasteiger partial charge in [-0.05, 0) is 30.3 Å². The van der Waals surface area contributed by atoms with Gasteiger partial charge in [-0.2, -0.15) is 13.2 Å². The molecule has 2 aromatic carbocycles. The summed E-state index contributed by atoms with van der Waals surface area (Å²) in [7, 11) is 1.54. The van der Waals surface area contributed by atoms with Crippen LogP contribution in [0.25, 0.3) is 0 Å². The summed E-state index contributed by atoms with van der Waals surface area (Å²) in [5.41, 5.74) is -0.480. The Hall–Kier alpha value is -2.62. The average Bonchev–Trinajstić information content (AvgIpc) is 2.65. The van der Waals surface area contributed by atoms with Gasteiger partial charge < -0.3 is 20.7 Å². The molecule has 2 amide bonds. The summed E-state index contributed by atoms with van der Waals surface area (Å²) in [5, 5.41) is 7.90. The number of rotatable bonds is 8. The van der Waals surface area contributed by atoms with Crippen LogP contribution in [0.2, 0.25) is 0 Å². The number of amides is 2. The van der Waals surface area contributed by atoms with Crippen LogP contribution in [-0.2, 0) is 15.7 Å². The zero-order valence-electron chi connectivity index (χ0n) is 15.5. The minimum Gasteiger partial charge on any atom is -0.383 e. The number of para-hydroxylation sites is 1. The summed E-state index contributed by atoms with van der Waals surface area (Å²) < 4.78 is 43.3. The molecular weight excluding hydrogens is 411 g/mol. The molecule has 0 unspecified atom stereocenters. The molecule has 2 rings (SSSR count). The van der Waals surface area contributed by atoms with Gasteiger partial charge in [0.2, 0.25) is 5.91 Å². The van der Waals surface area contributed by atoms with Gasteiger partial charge in [-0.25, -0.2) is 0 Å². The first-order valence-electron chi connectivity index (χ1n) is 8.38. The van der Waals surface area contributed by atoms with Crippen molar-refractivity contribution >= 4 is 35.6 Å². The molecule has 0 bridgehead atoms. The lowest BCUT2D eigenvalue weighted by Crippen LogP contribution is -2.31. The molecule has 0 heterocycles. The van der Waals surface area contributed by atoms with Crippen LogP contribution in [0.15, 0.2) is 48.5 Å². The number of halogens is 4. The van der Waals surface area contributed by atoms with E-state index in [-0.39, 0.29) is 41.8 Å².